The van der Waals surface area contributed by atoms with Crippen LogP contribution in [0.2, 0.25) is 10.0 Å². The Balaban J connectivity index is 2.00. The van der Waals surface area contributed by atoms with E-state index in [-0.39, 0.29) is 5.91 Å². The van der Waals surface area contributed by atoms with Crippen molar-refractivity contribution < 1.29 is 9.53 Å². The Kier molecular flexibility index (Phi) is 4.88. The van der Waals surface area contributed by atoms with Crippen molar-refractivity contribution in [1.82, 2.24) is 0 Å². The molecule has 0 saturated heterocycles. The molecule has 2 aromatic rings. The molecular formula is C15H13Cl2NO2. The van der Waals surface area contributed by atoms with Gasteiger partial charge in [0, 0.05) is 15.7 Å². The Hall–Kier alpha value is -1.71. The molecule has 0 saturated carbocycles. The fourth-order valence-corrected chi connectivity index (χ4v) is 2.15. The first-order chi connectivity index (χ1) is 9.54. The van der Waals surface area contributed by atoms with E-state index in [1.165, 1.54) is 0 Å². The Morgan fingerprint density at radius 2 is 1.70 bits per heavy atom. The van der Waals surface area contributed by atoms with E-state index in [2.05, 4.69) is 5.32 Å². The van der Waals surface area contributed by atoms with E-state index < -0.39 is 6.10 Å². The number of halogens is 2. The molecule has 1 N–H and O–H groups in total. The van der Waals surface area contributed by atoms with Crippen molar-refractivity contribution in [2.24, 2.45) is 0 Å². The third-order valence-electron chi connectivity index (χ3n) is 2.56. The maximum atomic E-state index is 12.0. The summed E-state index contributed by atoms with van der Waals surface area (Å²) in [5, 5.41) is 3.64. The number of carbonyl (C=O) groups is 1. The number of nitrogens with one attached hydrogen (secondary N) is 1. The van der Waals surface area contributed by atoms with Crippen LogP contribution in [0.25, 0.3) is 0 Å². The van der Waals surface area contributed by atoms with Crippen LogP contribution < -0.4 is 10.1 Å². The van der Waals surface area contributed by atoms with Crippen molar-refractivity contribution >= 4 is 34.8 Å². The van der Waals surface area contributed by atoms with Crippen LogP contribution in [0.15, 0.2) is 48.5 Å². The van der Waals surface area contributed by atoms with Gasteiger partial charge in [0.1, 0.15) is 5.75 Å². The number of anilines is 1. The summed E-state index contributed by atoms with van der Waals surface area (Å²) in [6.07, 6.45) is -0.629. The monoisotopic (exact) mass is 309 g/mol. The van der Waals surface area contributed by atoms with E-state index in [0.29, 0.717) is 21.5 Å². The molecule has 1 atom stereocenters. The van der Waals surface area contributed by atoms with E-state index in [9.17, 15) is 4.79 Å². The number of ether oxygens (including phenoxy) is 1. The van der Waals surface area contributed by atoms with Crippen molar-refractivity contribution in [2.75, 3.05) is 5.32 Å². The van der Waals surface area contributed by atoms with Crippen LogP contribution in [0.3, 0.4) is 0 Å². The average molecular weight is 310 g/mol. The minimum Gasteiger partial charge on any atom is -0.481 e. The molecule has 0 radical (unpaired) electrons. The number of amides is 1. The van der Waals surface area contributed by atoms with Crippen LogP contribution >= 0.6 is 23.2 Å². The first kappa shape index (κ1) is 14.7. The zero-order valence-electron chi connectivity index (χ0n) is 10.8. The molecule has 0 aliphatic carbocycles. The molecule has 2 aromatic carbocycles. The summed E-state index contributed by atoms with van der Waals surface area (Å²) in [4.78, 5) is 12.0. The van der Waals surface area contributed by atoms with Crippen LogP contribution in [0.4, 0.5) is 5.69 Å². The molecule has 0 bridgehead atoms. The predicted molar refractivity (Wildman–Crippen MR) is 81.6 cm³/mol. The minimum atomic E-state index is -0.629. The first-order valence-electron chi connectivity index (χ1n) is 6.03. The first-order valence-corrected chi connectivity index (χ1v) is 6.79. The molecule has 0 spiro atoms. The number of carbonyl (C=O) groups excluding carboxylic acids is 1. The Morgan fingerprint density at radius 3 is 2.30 bits per heavy atom. The van der Waals surface area contributed by atoms with Gasteiger partial charge in [-0.2, -0.15) is 0 Å². The van der Waals surface area contributed by atoms with Gasteiger partial charge in [-0.1, -0.05) is 41.4 Å². The summed E-state index contributed by atoms with van der Waals surface area (Å²) in [7, 11) is 0. The number of benzene rings is 2. The molecule has 3 nitrogen and oxygen atoms in total. The Bertz CT molecular complexity index is 582. The number of para-hydroxylation sites is 1. The maximum Gasteiger partial charge on any atom is 0.265 e. The van der Waals surface area contributed by atoms with Crippen LogP contribution in [0, 0.1) is 0 Å². The lowest BCUT2D eigenvalue weighted by atomic mass is 10.3. The molecule has 20 heavy (non-hydrogen) atoms. The third kappa shape index (κ3) is 4.15. The smallest absolute Gasteiger partial charge is 0.265 e. The highest BCUT2D eigenvalue weighted by Crippen LogP contribution is 2.22. The van der Waals surface area contributed by atoms with Crippen LogP contribution in [0.1, 0.15) is 6.92 Å². The molecule has 0 heterocycles. The molecule has 0 fully saturated rings. The molecule has 1 unspecified atom stereocenters. The summed E-state index contributed by atoms with van der Waals surface area (Å²) in [5.41, 5.74) is 0.538. The van der Waals surface area contributed by atoms with Gasteiger partial charge >= 0.3 is 0 Å². The van der Waals surface area contributed by atoms with Crippen LogP contribution in [-0.4, -0.2) is 12.0 Å². The highest BCUT2D eigenvalue weighted by atomic mass is 35.5. The zero-order chi connectivity index (χ0) is 14.5. The Morgan fingerprint density at radius 1 is 1.10 bits per heavy atom. The summed E-state index contributed by atoms with van der Waals surface area (Å²) in [6, 6.07) is 14.0. The van der Waals surface area contributed by atoms with E-state index >= 15 is 0 Å². The number of hydrogen-bond acceptors (Lipinski definition) is 2. The molecule has 5 heteroatoms. The second-order valence-electron chi connectivity index (χ2n) is 4.22. The summed E-state index contributed by atoms with van der Waals surface area (Å²) in [5.74, 6) is 0.367. The molecule has 0 aliphatic rings. The van der Waals surface area contributed by atoms with Gasteiger partial charge < -0.3 is 10.1 Å². The number of rotatable bonds is 4. The highest BCUT2D eigenvalue weighted by Gasteiger charge is 2.15. The lowest BCUT2D eigenvalue weighted by molar-refractivity contribution is -0.122. The molecule has 104 valence electrons. The van der Waals surface area contributed by atoms with Gasteiger partial charge in [0.15, 0.2) is 6.10 Å². The van der Waals surface area contributed by atoms with Gasteiger partial charge in [-0.05, 0) is 37.3 Å². The van der Waals surface area contributed by atoms with Gasteiger partial charge in [0.05, 0.1) is 0 Å². The van der Waals surface area contributed by atoms with Crippen molar-refractivity contribution in [3.63, 3.8) is 0 Å². The molecule has 0 aliphatic heterocycles. The second-order valence-corrected chi connectivity index (χ2v) is 5.09. The normalized spacial score (nSPS) is 11.8. The van der Waals surface area contributed by atoms with Gasteiger partial charge in [-0.25, -0.2) is 0 Å². The molecule has 2 rings (SSSR count). The van der Waals surface area contributed by atoms with E-state index in [1.807, 2.05) is 18.2 Å². The Labute approximate surface area is 127 Å². The standard InChI is InChI=1S/C15H13Cl2NO2/c1-10(20-14-5-3-2-4-6-14)15(19)18-13-8-11(16)7-12(17)9-13/h2-10H,1H3,(H,18,19). The average Bonchev–Trinajstić information content (AvgIpc) is 2.38. The third-order valence-corrected chi connectivity index (χ3v) is 2.99. The van der Waals surface area contributed by atoms with Crippen LogP contribution in [0.5, 0.6) is 5.75 Å². The van der Waals surface area contributed by atoms with Gasteiger partial charge in [-0.15, -0.1) is 0 Å². The van der Waals surface area contributed by atoms with E-state index in [4.69, 9.17) is 27.9 Å². The van der Waals surface area contributed by atoms with Gasteiger partial charge in [-0.3, -0.25) is 4.79 Å². The van der Waals surface area contributed by atoms with Gasteiger partial charge in [0.2, 0.25) is 0 Å². The fourth-order valence-electron chi connectivity index (χ4n) is 1.63. The number of hydrogen-bond donors (Lipinski definition) is 1. The summed E-state index contributed by atoms with van der Waals surface area (Å²) >= 11 is 11.8. The topological polar surface area (TPSA) is 38.3 Å². The second kappa shape index (κ2) is 6.64. The zero-order valence-corrected chi connectivity index (χ0v) is 12.3. The van der Waals surface area contributed by atoms with E-state index in [1.54, 1.807) is 37.3 Å². The molecular weight excluding hydrogens is 297 g/mol. The minimum absolute atomic E-state index is 0.271. The lowest BCUT2D eigenvalue weighted by Crippen LogP contribution is -2.30. The quantitative estimate of drug-likeness (QED) is 0.909. The largest absolute Gasteiger partial charge is 0.481 e. The van der Waals surface area contributed by atoms with E-state index in [0.717, 1.165) is 0 Å². The molecule has 0 aromatic heterocycles. The highest BCUT2D eigenvalue weighted by molar-refractivity contribution is 6.35. The van der Waals surface area contributed by atoms with Crippen molar-refractivity contribution in [3.8, 4) is 5.75 Å². The summed E-state index contributed by atoms with van der Waals surface area (Å²) in [6.45, 7) is 1.68. The van der Waals surface area contributed by atoms with Crippen molar-refractivity contribution in [3.05, 3.63) is 58.6 Å². The fraction of sp³-hybridized carbons (Fsp3) is 0.133. The lowest BCUT2D eigenvalue weighted by Gasteiger charge is -2.15. The predicted octanol–water partition coefficient (Wildman–Crippen LogP) is 4.40. The van der Waals surface area contributed by atoms with Crippen molar-refractivity contribution in [1.29, 1.82) is 0 Å². The van der Waals surface area contributed by atoms with Gasteiger partial charge in [0.25, 0.3) is 5.91 Å². The SMILES string of the molecule is CC(Oc1ccccc1)C(=O)Nc1cc(Cl)cc(Cl)c1. The van der Waals surface area contributed by atoms with Crippen molar-refractivity contribution in [2.45, 2.75) is 13.0 Å². The molecule has 1 amide bonds. The van der Waals surface area contributed by atoms with Crippen LogP contribution in [-0.2, 0) is 4.79 Å². The summed E-state index contributed by atoms with van der Waals surface area (Å²) < 4.78 is 5.53. The maximum absolute atomic E-state index is 12.0.